The zero-order valence-electron chi connectivity index (χ0n) is 20.5. The van der Waals surface area contributed by atoms with E-state index in [9.17, 15) is 14.4 Å². The van der Waals surface area contributed by atoms with Gasteiger partial charge in [-0.2, -0.15) is 0 Å². The number of hydrogen-bond donors (Lipinski definition) is 1. The van der Waals surface area contributed by atoms with E-state index in [-0.39, 0.29) is 23.6 Å². The summed E-state index contributed by atoms with van der Waals surface area (Å²) in [5, 5.41) is 3.01. The molecule has 3 amide bonds. The van der Waals surface area contributed by atoms with Crippen LogP contribution in [0.2, 0.25) is 0 Å². The molecule has 7 heteroatoms. The van der Waals surface area contributed by atoms with E-state index in [2.05, 4.69) is 5.32 Å². The number of aryl methyl sites for hydroxylation is 1. The van der Waals surface area contributed by atoms with Crippen molar-refractivity contribution in [1.82, 2.24) is 15.1 Å². The van der Waals surface area contributed by atoms with Crippen LogP contribution < -0.4 is 10.1 Å². The largest absolute Gasteiger partial charge is 0.497 e. The maximum absolute atomic E-state index is 13.3. The van der Waals surface area contributed by atoms with E-state index in [4.69, 9.17) is 4.74 Å². The molecule has 1 saturated heterocycles. The lowest BCUT2D eigenvalue weighted by molar-refractivity contribution is -0.134. The van der Waals surface area contributed by atoms with Gasteiger partial charge in [0.25, 0.3) is 11.8 Å². The first-order valence-corrected chi connectivity index (χ1v) is 12.0. The van der Waals surface area contributed by atoms with Crippen molar-refractivity contribution in [3.8, 4) is 5.75 Å². The molecule has 2 aromatic carbocycles. The van der Waals surface area contributed by atoms with Gasteiger partial charge in [0.15, 0.2) is 0 Å². The molecule has 1 atom stereocenters. The lowest BCUT2D eigenvalue weighted by Gasteiger charge is -2.37. The Morgan fingerprint density at radius 2 is 1.68 bits per heavy atom. The van der Waals surface area contributed by atoms with Crippen LogP contribution in [0.3, 0.4) is 0 Å². The number of methoxy groups -OCH3 is 1. The van der Waals surface area contributed by atoms with E-state index in [1.807, 2.05) is 43.9 Å². The minimum Gasteiger partial charge on any atom is -0.497 e. The van der Waals surface area contributed by atoms with Gasteiger partial charge in [0, 0.05) is 37.3 Å². The predicted octanol–water partition coefficient (Wildman–Crippen LogP) is 3.52. The molecule has 0 aromatic heterocycles. The Morgan fingerprint density at radius 1 is 1.03 bits per heavy atom. The lowest BCUT2D eigenvalue weighted by atomic mass is 9.87. The third kappa shape index (κ3) is 5.95. The number of amides is 3. The first-order chi connectivity index (χ1) is 16.4. The fourth-order valence-corrected chi connectivity index (χ4v) is 4.42. The summed E-state index contributed by atoms with van der Waals surface area (Å²) < 4.78 is 5.24. The Bertz CT molecular complexity index is 993. The minimum absolute atomic E-state index is 0.0446. The maximum atomic E-state index is 13.3. The maximum Gasteiger partial charge on any atom is 0.253 e. The monoisotopic (exact) mass is 465 g/mol. The fraction of sp³-hybridized carbons (Fsp3) is 0.444. The summed E-state index contributed by atoms with van der Waals surface area (Å²) >= 11 is 0. The van der Waals surface area contributed by atoms with Gasteiger partial charge < -0.3 is 19.9 Å². The molecule has 0 radical (unpaired) electrons. The highest BCUT2D eigenvalue weighted by molar-refractivity contribution is 5.98. The predicted molar refractivity (Wildman–Crippen MR) is 132 cm³/mol. The Morgan fingerprint density at radius 3 is 2.26 bits per heavy atom. The van der Waals surface area contributed by atoms with Crippen LogP contribution in [0.15, 0.2) is 48.5 Å². The van der Waals surface area contributed by atoms with Crippen molar-refractivity contribution in [3.05, 3.63) is 65.2 Å². The second kappa shape index (κ2) is 11.7. The number of carbonyl (C=O) groups is 3. The molecule has 1 unspecified atom stereocenters. The Balaban J connectivity index is 1.72. The number of rotatable bonds is 8. The molecule has 7 nitrogen and oxygen atoms in total. The van der Waals surface area contributed by atoms with E-state index < -0.39 is 6.04 Å². The summed E-state index contributed by atoms with van der Waals surface area (Å²) in [7, 11) is 1.58. The molecule has 1 fully saturated rings. The first kappa shape index (κ1) is 25.3. The van der Waals surface area contributed by atoms with Gasteiger partial charge in [-0.15, -0.1) is 0 Å². The van der Waals surface area contributed by atoms with Gasteiger partial charge in [-0.3, -0.25) is 14.4 Å². The Labute approximate surface area is 202 Å². The van der Waals surface area contributed by atoms with Crippen molar-refractivity contribution in [2.45, 2.75) is 39.7 Å². The van der Waals surface area contributed by atoms with Crippen LogP contribution in [-0.2, 0) is 4.79 Å². The van der Waals surface area contributed by atoms with Crippen molar-refractivity contribution in [3.63, 3.8) is 0 Å². The Kier molecular flexibility index (Phi) is 8.68. The molecule has 34 heavy (non-hydrogen) atoms. The van der Waals surface area contributed by atoms with E-state index in [0.29, 0.717) is 55.9 Å². The number of benzene rings is 2. The molecule has 2 aromatic rings. The van der Waals surface area contributed by atoms with Gasteiger partial charge >= 0.3 is 0 Å². The summed E-state index contributed by atoms with van der Waals surface area (Å²) in [5.41, 5.74) is 2.19. The van der Waals surface area contributed by atoms with Gasteiger partial charge in [-0.25, -0.2) is 0 Å². The quantitative estimate of drug-likeness (QED) is 0.647. The molecule has 0 aliphatic carbocycles. The molecule has 0 saturated carbocycles. The topological polar surface area (TPSA) is 79.0 Å². The zero-order valence-corrected chi connectivity index (χ0v) is 20.5. The molecule has 1 heterocycles. The van der Waals surface area contributed by atoms with E-state index in [1.54, 1.807) is 42.3 Å². The van der Waals surface area contributed by atoms with Crippen LogP contribution in [0.5, 0.6) is 5.75 Å². The number of nitrogens with zero attached hydrogens (tertiary/aromatic N) is 2. The molecule has 1 N–H and O–H groups in total. The smallest absolute Gasteiger partial charge is 0.253 e. The van der Waals surface area contributed by atoms with Gasteiger partial charge in [-0.1, -0.05) is 23.8 Å². The summed E-state index contributed by atoms with van der Waals surface area (Å²) in [6.45, 7) is 8.07. The van der Waals surface area contributed by atoms with Gasteiger partial charge in [0.05, 0.1) is 7.11 Å². The average Bonchev–Trinajstić information content (AvgIpc) is 2.88. The van der Waals surface area contributed by atoms with Crippen molar-refractivity contribution in [2.24, 2.45) is 5.92 Å². The highest BCUT2D eigenvalue weighted by atomic mass is 16.5. The second-order valence-corrected chi connectivity index (χ2v) is 8.69. The van der Waals surface area contributed by atoms with Crippen LogP contribution in [0, 0.1) is 12.8 Å². The van der Waals surface area contributed by atoms with Crippen molar-refractivity contribution in [2.75, 3.05) is 33.3 Å². The van der Waals surface area contributed by atoms with Crippen LogP contribution in [0.25, 0.3) is 0 Å². The third-order valence-electron chi connectivity index (χ3n) is 6.56. The van der Waals surface area contributed by atoms with E-state index in [1.165, 1.54) is 0 Å². The molecule has 0 bridgehead atoms. The summed E-state index contributed by atoms with van der Waals surface area (Å²) in [6, 6.07) is 13.8. The summed E-state index contributed by atoms with van der Waals surface area (Å²) in [4.78, 5) is 42.9. The number of likely N-dealkylation sites (tertiary alicyclic amines) is 1. The van der Waals surface area contributed by atoms with Crippen molar-refractivity contribution in [1.29, 1.82) is 0 Å². The number of piperidine rings is 1. The van der Waals surface area contributed by atoms with Crippen LogP contribution in [0.4, 0.5) is 0 Å². The second-order valence-electron chi connectivity index (χ2n) is 8.69. The number of carbonyl (C=O) groups excluding carboxylic acids is 3. The number of ether oxygens (including phenoxy) is 1. The van der Waals surface area contributed by atoms with E-state index in [0.717, 1.165) is 5.56 Å². The van der Waals surface area contributed by atoms with Gasteiger partial charge in [0.2, 0.25) is 5.91 Å². The summed E-state index contributed by atoms with van der Waals surface area (Å²) in [5.74, 6) is 0.234. The van der Waals surface area contributed by atoms with Gasteiger partial charge in [-0.05, 0) is 69.9 Å². The molecule has 1 aliphatic heterocycles. The number of likely N-dealkylation sites (N-methyl/N-ethyl adjacent to an activating group) is 1. The Hall–Kier alpha value is -3.35. The third-order valence-corrected chi connectivity index (χ3v) is 6.56. The zero-order chi connectivity index (χ0) is 24.7. The normalized spacial score (nSPS) is 14.9. The highest BCUT2D eigenvalue weighted by Crippen LogP contribution is 2.25. The molecule has 182 valence electrons. The van der Waals surface area contributed by atoms with Gasteiger partial charge in [0.1, 0.15) is 11.8 Å². The highest BCUT2D eigenvalue weighted by Gasteiger charge is 2.35. The van der Waals surface area contributed by atoms with Crippen molar-refractivity contribution >= 4 is 17.7 Å². The molecular weight excluding hydrogens is 430 g/mol. The van der Waals surface area contributed by atoms with E-state index >= 15 is 0 Å². The van der Waals surface area contributed by atoms with Crippen LogP contribution in [0.1, 0.15) is 53.0 Å². The summed E-state index contributed by atoms with van der Waals surface area (Å²) in [6.07, 6.45) is 1.28. The number of hydrogen-bond acceptors (Lipinski definition) is 4. The lowest BCUT2D eigenvalue weighted by Crippen LogP contribution is -2.54. The van der Waals surface area contributed by atoms with Crippen LogP contribution in [-0.4, -0.2) is 66.9 Å². The first-order valence-electron chi connectivity index (χ1n) is 12.0. The number of nitrogens with one attached hydrogen (secondary N) is 1. The fourth-order valence-electron chi connectivity index (χ4n) is 4.42. The minimum atomic E-state index is -0.622. The van der Waals surface area contributed by atoms with Crippen molar-refractivity contribution < 1.29 is 19.1 Å². The average molecular weight is 466 g/mol. The van der Waals surface area contributed by atoms with Crippen LogP contribution >= 0.6 is 0 Å². The SMILES string of the molecule is CCN(CC)C(=O)C(NC(=O)c1ccc(C)cc1)C1CCN(C(=O)c2cccc(OC)c2)CC1. The molecule has 3 rings (SSSR count). The molecule has 0 spiro atoms. The standard InChI is InChI=1S/C27H35N3O4/c1-5-29(6-2)27(33)24(28-25(31)21-12-10-19(3)11-13-21)20-14-16-30(17-15-20)26(32)22-8-7-9-23(18-22)34-4/h7-13,18,20,24H,5-6,14-17H2,1-4H3,(H,28,31). The molecule has 1 aliphatic rings. The molecular formula is C27H35N3O4.